The number of phosphoric ester groups is 1. The molecule has 0 fully saturated rings. The molecule has 0 rings (SSSR count). The Bertz CT molecular complexity index is 905. The van der Waals surface area contributed by atoms with Crippen LogP contribution in [-0.4, -0.2) is 64.1 Å². The van der Waals surface area contributed by atoms with Crippen LogP contribution in [0, 0.1) is 0 Å². The van der Waals surface area contributed by atoms with Gasteiger partial charge in [-0.2, -0.15) is 0 Å². The van der Waals surface area contributed by atoms with Gasteiger partial charge < -0.3 is 27.9 Å². The molecule has 9 heteroatoms. The molecule has 0 aliphatic rings. The highest BCUT2D eigenvalue weighted by atomic mass is 31.2. The fourth-order valence-corrected chi connectivity index (χ4v) is 6.82. The zero-order chi connectivity index (χ0) is 39.1. The van der Waals surface area contributed by atoms with E-state index in [0.29, 0.717) is 17.4 Å². The number of hydrogen-bond donors (Lipinski definition) is 0. The van der Waals surface area contributed by atoms with E-state index < -0.39 is 13.9 Å². The molecule has 0 aromatic heterocycles. The summed E-state index contributed by atoms with van der Waals surface area (Å²) in [7, 11) is 1.32. The molecule has 0 aliphatic carbocycles. The van der Waals surface area contributed by atoms with E-state index >= 15 is 0 Å². The first-order valence-electron chi connectivity index (χ1n) is 22.1. The van der Waals surface area contributed by atoms with Crippen LogP contribution in [0.15, 0.2) is 24.5 Å². The molecule has 0 spiro atoms. The van der Waals surface area contributed by atoms with Gasteiger partial charge in [0.25, 0.3) is 7.82 Å². The molecule has 2 atom stereocenters. The molecule has 0 aromatic rings. The first-order valence-corrected chi connectivity index (χ1v) is 23.6. The minimum absolute atomic E-state index is 0.0147. The number of rotatable bonds is 41. The number of esters is 1. The molecular formula is C44H86NO7P. The number of unbranched alkanes of at least 4 members (excludes halogenated alkanes) is 25. The lowest BCUT2D eigenvalue weighted by Crippen LogP contribution is -2.37. The zero-order valence-electron chi connectivity index (χ0n) is 35.5. The van der Waals surface area contributed by atoms with Gasteiger partial charge in [0, 0.05) is 6.42 Å². The summed E-state index contributed by atoms with van der Waals surface area (Å²) < 4.78 is 34.3. The van der Waals surface area contributed by atoms with Crippen molar-refractivity contribution in [2.75, 3.05) is 47.5 Å². The van der Waals surface area contributed by atoms with Crippen LogP contribution in [0.25, 0.3) is 0 Å². The smallest absolute Gasteiger partial charge is 0.306 e. The monoisotopic (exact) mass is 772 g/mol. The minimum atomic E-state index is -4.54. The Morgan fingerprint density at radius 3 is 1.45 bits per heavy atom. The summed E-state index contributed by atoms with van der Waals surface area (Å²) in [5.41, 5.74) is 0. The predicted octanol–water partition coefficient (Wildman–Crippen LogP) is 12.5. The molecule has 0 heterocycles. The maximum absolute atomic E-state index is 12.6. The third kappa shape index (κ3) is 41.8. The van der Waals surface area contributed by atoms with E-state index in [0.717, 1.165) is 32.1 Å². The molecule has 1 unspecified atom stereocenters. The quantitative estimate of drug-likeness (QED) is 0.0152. The molecular weight excluding hydrogens is 685 g/mol. The normalized spacial score (nSPS) is 13.9. The van der Waals surface area contributed by atoms with Crippen LogP contribution < -0.4 is 4.89 Å². The van der Waals surface area contributed by atoms with Gasteiger partial charge in [0.1, 0.15) is 19.8 Å². The number of likely N-dealkylation sites (N-methyl/N-ethyl adjacent to an activating group) is 1. The highest BCUT2D eigenvalue weighted by Crippen LogP contribution is 2.38. The highest BCUT2D eigenvalue weighted by molar-refractivity contribution is 7.45. The Hall–Kier alpha value is -1.18. The third-order valence-corrected chi connectivity index (χ3v) is 10.5. The van der Waals surface area contributed by atoms with E-state index in [2.05, 4.69) is 26.0 Å². The Morgan fingerprint density at radius 1 is 0.585 bits per heavy atom. The van der Waals surface area contributed by atoms with Gasteiger partial charge in [0.05, 0.1) is 34.0 Å². The number of carbonyl (C=O) groups is 1. The molecule has 0 bridgehead atoms. The molecule has 0 N–H and O–H groups in total. The molecule has 314 valence electrons. The summed E-state index contributed by atoms with van der Waals surface area (Å²) in [6.45, 7) is 4.73. The molecule has 0 aromatic carbocycles. The number of allylic oxidation sites excluding steroid dienone is 3. The van der Waals surface area contributed by atoms with Gasteiger partial charge in [-0.25, -0.2) is 0 Å². The Kier molecular flexibility index (Phi) is 36.9. The Labute approximate surface area is 328 Å². The summed E-state index contributed by atoms with van der Waals surface area (Å²) in [5.74, 6) is -0.376. The SMILES string of the molecule is CCCCCCCCCCC/C=C/CCCCC(=O)O[C@H](CO/C=C/CCCCCCCCCCCCCCCC)COP(=O)([O-])OCC[N+](C)(C)C. The van der Waals surface area contributed by atoms with Crippen molar-refractivity contribution in [1.29, 1.82) is 0 Å². The van der Waals surface area contributed by atoms with Crippen molar-refractivity contribution in [3.05, 3.63) is 24.5 Å². The molecule has 0 amide bonds. The highest BCUT2D eigenvalue weighted by Gasteiger charge is 2.20. The lowest BCUT2D eigenvalue weighted by molar-refractivity contribution is -0.870. The largest absolute Gasteiger partial charge is 0.756 e. The molecule has 0 saturated heterocycles. The number of phosphoric acid groups is 1. The summed E-state index contributed by atoms with van der Waals surface area (Å²) in [6.07, 6.45) is 42.8. The van der Waals surface area contributed by atoms with E-state index in [1.54, 1.807) is 6.26 Å². The van der Waals surface area contributed by atoms with Crippen LogP contribution in [-0.2, 0) is 27.9 Å². The van der Waals surface area contributed by atoms with Gasteiger partial charge in [-0.3, -0.25) is 9.36 Å². The van der Waals surface area contributed by atoms with Gasteiger partial charge in [-0.05, 0) is 51.0 Å². The van der Waals surface area contributed by atoms with Gasteiger partial charge >= 0.3 is 5.97 Å². The van der Waals surface area contributed by atoms with Crippen molar-refractivity contribution in [2.24, 2.45) is 0 Å². The van der Waals surface area contributed by atoms with Gasteiger partial charge in [-0.1, -0.05) is 161 Å². The first kappa shape index (κ1) is 51.8. The fourth-order valence-electron chi connectivity index (χ4n) is 6.09. The molecule has 0 radical (unpaired) electrons. The number of hydrogen-bond acceptors (Lipinski definition) is 7. The van der Waals surface area contributed by atoms with Crippen LogP contribution in [0.3, 0.4) is 0 Å². The summed E-state index contributed by atoms with van der Waals surface area (Å²) in [6, 6.07) is 0. The molecule has 53 heavy (non-hydrogen) atoms. The van der Waals surface area contributed by atoms with Crippen LogP contribution in [0.1, 0.15) is 200 Å². The summed E-state index contributed by atoms with van der Waals surface area (Å²) >= 11 is 0. The Balaban J connectivity index is 4.30. The van der Waals surface area contributed by atoms with E-state index in [-0.39, 0.29) is 32.2 Å². The van der Waals surface area contributed by atoms with Crippen LogP contribution in [0.5, 0.6) is 0 Å². The topological polar surface area (TPSA) is 94.1 Å². The van der Waals surface area contributed by atoms with Crippen LogP contribution in [0.4, 0.5) is 0 Å². The Morgan fingerprint density at radius 2 is 1.00 bits per heavy atom. The van der Waals surface area contributed by atoms with Crippen molar-refractivity contribution in [3.8, 4) is 0 Å². The average molecular weight is 772 g/mol. The zero-order valence-corrected chi connectivity index (χ0v) is 36.4. The lowest BCUT2D eigenvalue weighted by Gasteiger charge is -2.28. The van der Waals surface area contributed by atoms with Crippen molar-refractivity contribution in [2.45, 2.75) is 206 Å². The minimum Gasteiger partial charge on any atom is -0.756 e. The predicted molar refractivity (Wildman–Crippen MR) is 222 cm³/mol. The first-order chi connectivity index (χ1) is 25.6. The van der Waals surface area contributed by atoms with Crippen molar-refractivity contribution in [1.82, 2.24) is 0 Å². The van der Waals surface area contributed by atoms with Gasteiger partial charge in [-0.15, -0.1) is 0 Å². The van der Waals surface area contributed by atoms with Gasteiger partial charge in [0.15, 0.2) is 6.10 Å². The second kappa shape index (κ2) is 37.7. The van der Waals surface area contributed by atoms with Crippen molar-refractivity contribution in [3.63, 3.8) is 0 Å². The second-order valence-corrected chi connectivity index (χ2v) is 17.5. The van der Waals surface area contributed by atoms with E-state index in [9.17, 15) is 14.3 Å². The van der Waals surface area contributed by atoms with Gasteiger partial charge in [0.2, 0.25) is 0 Å². The maximum Gasteiger partial charge on any atom is 0.306 e. The van der Waals surface area contributed by atoms with E-state index in [4.69, 9.17) is 18.5 Å². The third-order valence-electron chi connectivity index (χ3n) is 9.57. The molecule has 0 aliphatic heterocycles. The number of ether oxygens (including phenoxy) is 2. The lowest BCUT2D eigenvalue weighted by atomic mass is 10.0. The van der Waals surface area contributed by atoms with Crippen LogP contribution in [0.2, 0.25) is 0 Å². The summed E-state index contributed by atoms with van der Waals surface area (Å²) in [4.78, 5) is 25.0. The number of nitrogens with zero attached hydrogens (tertiary/aromatic N) is 1. The second-order valence-electron chi connectivity index (χ2n) is 16.1. The molecule has 8 nitrogen and oxygen atoms in total. The van der Waals surface area contributed by atoms with Crippen molar-refractivity contribution < 1.29 is 37.3 Å². The maximum atomic E-state index is 12.6. The number of quaternary nitrogens is 1. The van der Waals surface area contributed by atoms with E-state index in [1.807, 2.05) is 27.2 Å². The standard InChI is InChI=1S/C44H86NO7P/c1-6-8-10-12-14-16-18-20-22-24-26-28-30-32-34-36-39-49-41-43(42-51-53(47,48)50-40-38-45(3,4)5)52-44(46)37-35-33-31-29-27-25-23-21-19-17-15-13-11-9-7-2/h27,29,36,39,43H,6-26,28,30-35,37-38,40-42H2,1-5H3/b29-27+,39-36+/t43-/m1/s1. The average Bonchev–Trinajstić information content (AvgIpc) is 3.11. The van der Waals surface area contributed by atoms with Crippen LogP contribution >= 0.6 is 7.82 Å². The molecule has 0 saturated carbocycles. The number of carbonyl (C=O) groups excluding carboxylic acids is 1. The van der Waals surface area contributed by atoms with Crippen molar-refractivity contribution >= 4 is 13.8 Å². The summed E-state index contributed by atoms with van der Waals surface area (Å²) in [5, 5.41) is 0. The fraction of sp³-hybridized carbons (Fsp3) is 0.886. The van der Waals surface area contributed by atoms with E-state index in [1.165, 1.54) is 141 Å².